The van der Waals surface area contributed by atoms with Gasteiger partial charge in [0.2, 0.25) is 0 Å². The van der Waals surface area contributed by atoms with E-state index < -0.39 is 4.92 Å². The van der Waals surface area contributed by atoms with Gasteiger partial charge < -0.3 is 15.0 Å². The Kier molecular flexibility index (Phi) is 3.10. The lowest BCUT2D eigenvalue weighted by Crippen LogP contribution is -2.37. The zero-order chi connectivity index (χ0) is 12.4. The molecule has 1 aliphatic heterocycles. The highest BCUT2D eigenvalue weighted by Gasteiger charge is 2.30. The van der Waals surface area contributed by atoms with Gasteiger partial charge >= 0.3 is 0 Å². The summed E-state index contributed by atoms with van der Waals surface area (Å²) in [5.41, 5.74) is 0.0603. The molecule has 7 nitrogen and oxygen atoms in total. The van der Waals surface area contributed by atoms with Crippen LogP contribution in [-0.2, 0) is 0 Å². The van der Waals surface area contributed by atoms with Crippen molar-refractivity contribution in [1.82, 2.24) is 9.88 Å². The molecule has 1 aromatic heterocycles. The minimum Gasteiger partial charge on any atom is -0.394 e. The summed E-state index contributed by atoms with van der Waals surface area (Å²) in [5, 5.41) is 19.6. The molecular weight excluding hydrogens is 226 g/mol. The molecule has 1 aromatic rings. The molecule has 0 bridgehead atoms. The first-order chi connectivity index (χ1) is 8.13. The van der Waals surface area contributed by atoms with Gasteiger partial charge in [0.05, 0.1) is 23.8 Å². The van der Waals surface area contributed by atoms with Crippen molar-refractivity contribution in [3.8, 4) is 0 Å². The molecule has 2 rings (SSSR count). The van der Waals surface area contributed by atoms with Gasteiger partial charge in [0, 0.05) is 12.6 Å². The van der Waals surface area contributed by atoms with E-state index in [4.69, 9.17) is 5.11 Å². The van der Waals surface area contributed by atoms with Crippen molar-refractivity contribution in [3.05, 3.63) is 28.1 Å². The van der Waals surface area contributed by atoms with Gasteiger partial charge in [0.25, 0.3) is 11.6 Å². The zero-order valence-corrected chi connectivity index (χ0v) is 9.13. The Morgan fingerprint density at radius 1 is 1.71 bits per heavy atom. The van der Waals surface area contributed by atoms with E-state index in [0.29, 0.717) is 6.54 Å². The first kappa shape index (κ1) is 11.6. The summed E-state index contributed by atoms with van der Waals surface area (Å²) in [6, 6.07) is 1.04. The van der Waals surface area contributed by atoms with Crippen molar-refractivity contribution in [2.24, 2.45) is 0 Å². The second-order valence-corrected chi connectivity index (χ2v) is 4.01. The molecule has 17 heavy (non-hydrogen) atoms. The molecule has 1 fully saturated rings. The molecule has 0 radical (unpaired) electrons. The number of likely N-dealkylation sites (tertiary alicyclic amines) is 1. The second-order valence-electron chi connectivity index (χ2n) is 4.01. The topological polar surface area (TPSA) is 99.5 Å². The summed E-state index contributed by atoms with van der Waals surface area (Å²) in [4.78, 5) is 26.1. The van der Waals surface area contributed by atoms with Gasteiger partial charge in [-0.15, -0.1) is 0 Å². The van der Waals surface area contributed by atoms with Gasteiger partial charge in [-0.3, -0.25) is 14.9 Å². The summed E-state index contributed by atoms with van der Waals surface area (Å²) in [6.07, 6.45) is 2.81. The Morgan fingerprint density at radius 3 is 3.06 bits per heavy atom. The Labute approximate surface area is 97.2 Å². The number of amides is 1. The summed E-state index contributed by atoms with van der Waals surface area (Å²) >= 11 is 0. The van der Waals surface area contributed by atoms with E-state index in [1.54, 1.807) is 4.90 Å². The van der Waals surface area contributed by atoms with Crippen LogP contribution in [-0.4, -0.2) is 45.0 Å². The predicted molar refractivity (Wildman–Crippen MR) is 58.6 cm³/mol. The van der Waals surface area contributed by atoms with Crippen molar-refractivity contribution in [3.63, 3.8) is 0 Å². The molecule has 2 N–H and O–H groups in total. The number of carbonyl (C=O) groups is 1. The number of hydrogen-bond donors (Lipinski definition) is 2. The molecule has 1 atom stereocenters. The molecule has 0 aromatic carbocycles. The zero-order valence-electron chi connectivity index (χ0n) is 9.13. The van der Waals surface area contributed by atoms with E-state index in [2.05, 4.69) is 4.98 Å². The minimum atomic E-state index is -0.555. The average molecular weight is 239 g/mol. The maximum atomic E-state index is 12.0. The van der Waals surface area contributed by atoms with Gasteiger partial charge in [-0.2, -0.15) is 0 Å². The van der Waals surface area contributed by atoms with Crippen molar-refractivity contribution in [2.45, 2.75) is 18.9 Å². The summed E-state index contributed by atoms with van der Waals surface area (Å²) in [7, 11) is 0. The number of nitrogens with zero attached hydrogens (tertiary/aromatic N) is 2. The van der Waals surface area contributed by atoms with Crippen LogP contribution in [0.15, 0.2) is 12.3 Å². The van der Waals surface area contributed by atoms with Crippen molar-refractivity contribution < 1.29 is 14.8 Å². The smallest absolute Gasteiger partial charge is 0.287 e. The number of hydrogen-bond acceptors (Lipinski definition) is 4. The highest BCUT2D eigenvalue weighted by atomic mass is 16.6. The summed E-state index contributed by atoms with van der Waals surface area (Å²) in [6.45, 7) is 0.505. The van der Waals surface area contributed by atoms with Crippen LogP contribution in [0.4, 0.5) is 5.69 Å². The van der Waals surface area contributed by atoms with Crippen LogP contribution in [0.25, 0.3) is 0 Å². The maximum Gasteiger partial charge on any atom is 0.287 e. The Morgan fingerprint density at radius 2 is 2.47 bits per heavy atom. The van der Waals surface area contributed by atoms with Crippen LogP contribution in [0.5, 0.6) is 0 Å². The molecule has 1 amide bonds. The standard InChI is InChI=1S/C10H13N3O4/c14-6-7-2-1-3-12(7)10(15)9-4-8(5-11-9)13(16)17/h4-5,7,11,14H,1-3,6H2/t7-/m0/s1. The van der Waals surface area contributed by atoms with Crippen molar-refractivity contribution in [2.75, 3.05) is 13.2 Å². The van der Waals surface area contributed by atoms with Gasteiger partial charge in [0.15, 0.2) is 0 Å². The maximum absolute atomic E-state index is 12.0. The Bertz CT molecular complexity index is 443. The van der Waals surface area contributed by atoms with Gasteiger partial charge in [-0.25, -0.2) is 0 Å². The Balaban J connectivity index is 2.16. The fourth-order valence-corrected chi connectivity index (χ4v) is 2.06. The highest BCUT2D eigenvalue weighted by Crippen LogP contribution is 2.21. The molecular formula is C10H13N3O4. The number of aliphatic hydroxyl groups excluding tert-OH is 1. The molecule has 1 saturated heterocycles. The van der Waals surface area contributed by atoms with Gasteiger partial charge in [-0.05, 0) is 12.8 Å². The fraction of sp³-hybridized carbons (Fsp3) is 0.500. The molecule has 92 valence electrons. The van der Waals surface area contributed by atoms with Gasteiger partial charge in [-0.1, -0.05) is 0 Å². The lowest BCUT2D eigenvalue weighted by atomic mass is 10.2. The highest BCUT2D eigenvalue weighted by molar-refractivity contribution is 5.93. The van der Waals surface area contributed by atoms with Gasteiger partial charge in [0.1, 0.15) is 5.69 Å². The number of nitro groups is 1. The largest absolute Gasteiger partial charge is 0.394 e. The normalized spacial score (nSPS) is 19.6. The Hall–Kier alpha value is -1.89. The number of aliphatic hydroxyl groups is 1. The molecule has 0 aliphatic carbocycles. The van der Waals surface area contributed by atoms with E-state index in [-0.39, 0.29) is 29.9 Å². The van der Waals surface area contributed by atoms with E-state index in [9.17, 15) is 14.9 Å². The van der Waals surface area contributed by atoms with E-state index in [1.165, 1.54) is 12.3 Å². The number of aromatic amines is 1. The lowest BCUT2D eigenvalue weighted by molar-refractivity contribution is -0.384. The molecule has 2 heterocycles. The monoisotopic (exact) mass is 239 g/mol. The number of rotatable bonds is 3. The van der Waals surface area contributed by atoms with E-state index >= 15 is 0 Å². The van der Waals surface area contributed by atoms with Crippen LogP contribution < -0.4 is 0 Å². The molecule has 0 saturated carbocycles. The van der Waals surface area contributed by atoms with Crippen molar-refractivity contribution in [1.29, 1.82) is 0 Å². The van der Waals surface area contributed by atoms with E-state index in [1.807, 2.05) is 0 Å². The predicted octanol–water partition coefficient (Wildman–Crippen LogP) is 0.520. The first-order valence-corrected chi connectivity index (χ1v) is 5.38. The quantitative estimate of drug-likeness (QED) is 0.593. The second kappa shape index (κ2) is 4.54. The summed E-state index contributed by atoms with van der Waals surface area (Å²) in [5.74, 6) is -0.297. The first-order valence-electron chi connectivity index (χ1n) is 5.38. The van der Waals surface area contributed by atoms with Crippen LogP contribution in [0, 0.1) is 10.1 Å². The number of nitrogens with one attached hydrogen (secondary N) is 1. The van der Waals surface area contributed by atoms with Crippen LogP contribution >= 0.6 is 0 Å². The molecule has 0 unspecified atom stereocenters. The minimum absolute atomic E-state index is 0.0749. The average Bonchev–Trinajstić information content (AvgIpc) is 2.96. The van der Waals surface area contributed by atoms with E-state index in [0.717, 1.165) is 12.8 Å². The third-order valence-electron chi connectivity index (χ3n) is 2.96. The third kappa shape index (κ3) is 2.14. The molecule has 1 aliphatic rings. The third-order valence-corrected chi connectivity index (χ3v) is 2.96. The van der Waals surface area contributed by atoms with Crippen LogP contribution in [0.1, 0.15) is 23.3 Å². The lowest BCUT2D eigenvalue weighted by Gasteiger charge is -2.22. The summed E-state index contributed by atoms with van der Waals surface area (Å²) < 4.78 is 0. The molecule has 7 heteroatoms. The number of carbonyl (C=O) groups excluding carboxylic acids is 1. The van der Waals surface area contributed by atoms with Crippen LogP contribution in [0.2, 0.25) is 0 Å². The number of H-pyrrole nitrogens is 1. The SMILES string of the molecule is O=C(c1cc([N+](=O)[O-])c[nH]1)N1CCC[C@H]1CO. The number of aromatic nitrogens is 1. The molecule has 0 spiro atoms. The fourth-order valence-electron chi connectivity index (χ4n) is 2.06. The van der Waals surface area contributed by atoms with Crippen molar-refractivity contribution >= 4 is 11.6 Å². The van der Waals surface area contributed by atoms with Crippen LogP contribution in [0.3, 0.4) is 0 Å².